The number of carboxylic acids is 1. The summed E-state index contributed by atoms with van der Waals surface area (Å²) in [5.41, 5.74) is 0.653. The predicted molar refractivity (Wildman–Crippen MR) is 89.8 cm³/mol. The van der Waals surface area contributed by atoms with Gasteiger partial charge in [0, 0.05) is 23.2 Å². The van der Waals surface area contributed by atoms with Gasteiger partial charge in [0.05, 0.1) is 10.8 Å². The van der Waals surface area contributed by atoms with Crippen LogP contribution in [-0.2, 0) is 4.79 Å². The normalized spacial score (nSPS) is 23.8. The highest BCUT2D eigenvalue weighted by molar-refractivity contribution is 7.21. The van der Waals surface area contributed by atoms with Crippen molar-refractivity contribution in [2.45, 2.75) is 19.8 Å². The van der Waals surface area contributed by atoms with Gasteiger partial charge in [0.2, 0.25) is 0 Å². The molecule has 0 bridgehead atoms. The Bertz CT molecular complexity index is 842. The molecule has 2 atom stereocenters. The van der Waals surface area contributed by atoms with Crippen molar-refractivity contribution in [2.24, 2.45) is 17.8 Å². The van der Waals surface area contributed by atoms with Crippen molar-refractivity contribution in [1.82, 2.24) is 4.90 Å². The van der Waals surface area contributed by atoms with Crippen LogP contribution in [0.25, 0.3) is 10.1 Å². The molecule has 1 saturated heterocycles. The summed E-state index contributed by atoms with van der Waals surface area (Å²) in [6.45, 7) is 2.51. The van der Waals surface area contributed by atoms with Crippen molar-refractivity contribution >= 4 is 33.3 Å². The Kier molecular flexibility index (Phi) is 3.60. The van der Waals surface area contributed by atoms with E-state index in [4.69, 9.17) is 0 Å². The van der Waals surface area contributed by atoms with Crippen LogP contribution in [0.15, 0.2) is 18.2 Å². The number of carbonyl (C=O) groups is 2. The Morgan fingerprint density at radius 1 is 1.29 bits per heavy atom. The zero-order chi connectivity index (χ0) is 17.0. The Morgan fingerprint density at radius 2 is 2.04 bits per heavy atom. The van der Waals surface area contributed by atoms with E-state index in [9.17, 15) is 19.1 Å². The minimum absolute atomic E-state index is 0.0536. The fourth-order valence-corrected chi connectivity index (χ4v) is 5.05. The second-order valence-corrected chi connectivity index (χ2v) is 7.88. The van der Waals surface area contributed by atoms with E-state index in [2.05, 4.69) is 0 Å². The molecular formula is C18H18FNO3S. The topological polar surface area (TPSA) is 57.6 Å². The summed E-state index contributed by atoms with van der Waals surface area (Å²) in [6.07, 6.45) is 2.12. The third-order valence-corrected chi connectivity index (χ3v) is 6.54. The molecule has 4 nitrogen and oxygen atoms in total. The van der Waals surface area contributed by atoms with Gasteiger partial charge in [-0.1, -0.05) is 6.07 Å². The molecule has 2 fully saturated rings. The number of likely N-dealkylation sites (tertiary alicyclic amines) is 1. The summed E-state index contributed by atoms with van der Waals surface area (Å²) < 4.78 is 14.8. The molecule has 1 N–H and O–H groups in total. The standard InChI is InChI=1S/C18H18FNO3S/c1-9-15-13(19)3-2-4-14(15)24-16(9)17(21)20-7-11(10-5-6-10)12(8-20)18(22)23/h2-4,10-12H,5-8H2,1H3,(H,22,23)/t11-,12+/m1/s1. The third kappa shape index (κ3) is 2.40. The zero-order valence-electron chi connectivity index (χ0n) is 13.3. The second kappa shape index (κ2) is 5.55. The summed E-state index contributed by atoms with van der Waals surface area (Å²) >= 11 is 1.29. The number of carbonyl (C=O) groups excluding carboxylic acids is 1. The number of fused-ring (bicyclic) bond motifs is 1. The van der Waals surface area contributed by atoms with E-state index in [0.717, 1.165) is 17.5 Å². The van der Waals surface area contributed by atoms with Gasteiger partial charge in [-0.25, -0.2) is 4.39 Å². The summed E-state index contributed by atoms with van der Waals surface area (Å²) in [7, 11) is 0. The number of aryl methyl sites for hydroxylation is 1. The Hall–Kier alpha value is -1.95. The van der Waals surface area contributed by atoms with Crippen LogP contribution < -0.4 is 0 Å². The van der Waals surface area contributed by atoms with Gasteiger partial charge in [-0.3, -0.25) is 9.59 Å². The third-order valence-electron chi connectivity index (χ3n) is 5.29. The van der Waals surface area contributed by atoms with Gasteiger partial charge < -0.3 is 10.0 Å². The summed E-state index contributed by atoms with van der Waals surface area (Å²) in [5.74, 6) is -1.29. The van der Waals surface area contributed by atoms with E-state index in [-0.39, 0.29) is 24.2 Å². The highest BCUT2D eigenvalue weighted by atomic mass is 32.1. The molecule has 126 valence electrons. The zero-order valence-corrected chi connectivity index (χ0v) is 14.1. The van der Waals surface area contributed by atoms with Crippen LogP contribution in [0.1, 0.15) is 28.1 Å². The van der Waals surface area contributed by atoms with Gasteiger partial charge in [0.15, 0.2) is 0 Å². The van der Waals surface area contributed by atoms with Crippen LogP contribution >= 0.6 is 11.3 Å². The van der Waals surface area contributed by atoms with E-state index < -0.39 is 11.9 Å². The number of hydrogen-bond donors (Lipinski definition) is 1. The Morgan fingerprint density at radius 3 is 2.67 bits per heavy atom. The average molecular weight is 347 g/mol. The first-order chi connectivity index (χ1) is 11.5. The molecule has 1 aromatic carbocycles. The van der Waals surface area contributed by atoms with Gasteiger partial charge in [0.1, 0.15) is 5.82 Å². The maximum atomic E-state index is 14.0. The molecular weight excluding hydrogens is 329 g/mol. The quantitative estimate of drug-likeness (QED) is 0.924. The molecule has 4 rings (SSSR count). The molecule has 0 spiro atoms. The molecule has 1 amide bonds. The minimum atomic E-state index is -0.818. The molecule has 1 aromatic heterocycles. The molecule has 2 aromatic rings. The minimum Gasteiger partial charge on any atom is -0.481 e. The summed E-state index contributed by atoms with van der Waals surface area (Å²) in [5, 5.41) is 9.95. The lowest BCUT2D eigenvalue weighted by molar-refractivity contribution is -0.142. The Balaban J connectivity index is 1.66. The van der Waals surface area contributed by atoms with Gasteiger partial charge >= 0.3 is 5.97 Å². The van der Waals surface area contributed by atoms with E-state index in [1.807, 2.05) is 6.07 Å². The molecule has 1 aliphatic heterocycles. The number of nitrogens with zero attached hydrogens (tertiary/aromatic N) is 1. The first kappa shape index (κ1) is 15.6. The maximum absolute atomic E-state index is 14.0. The van der Waals surface area contributed by atoms with Crippen LogP contribution in [0.4, 0.5) is 4.39 Å². The van der Waals surface area contributed by atoms with Crippen molar-refractivity contribution in [3.8, 4) is 0 Å². The number of halogens is 1. The van der Waals surface area contributed by atoms with Gasteiger partial charge in [0.25, 0.3) is 5.91 Å². The van der Waals surface area contributed by atoms with Crippen LogP contribution in [0.5, 0.6) is 0 Å². The van der Waals surface area contributed by atoms with E-state index >= 15 is 0 Å². The number of rotatable bonds is 3. The van der Waals surface area contributed by atoms with Crippen LogP contribution in [0.2, 0.25) is 0 Å². The molecule has 0 radical (unpaired) electrons. The van der Waals surface area contributed by atoms with Gasteiger partial charge in [-0.05, 0) is 49.3 Å². The molecule has 1 aliphatic carbocycles. The smallest absolute Gasteiger partial charge is 0.308 e. The molecule has 1 saturated carbocycles. The van der Waals surface area contributed by atoms with Crippen molar-refractivity contribution in [3.05, 3.63) is 34.5 Å². The summed E-state index contributed by atoms with van der Waals surface area (Å²) in [4.78, 5) is 26.6. The predicted octanol–water partition coefficient (Wildman–Crippen LogP) is 3.53. The molecule has 0 unspecified atom stereocenters. The number of thiophene rings is 1. The van der Waals surface area contributed by atoms with Crippen LogP contribution in [-0.4, -0.2) is 35.0 Å². The first-order valence-electron chi connectivity index (χ1n) is 8.17. The highest BCUT2D eigenvalue weighted by Crippen LogP contribution is 2.45. The maximum Gasteiger partial charge on any atom is 0.308 e. The second-order valence-electron chi connectivity index (χ2n) is 6.83. The van der Waals surface area contributed by atoms with Crippen molar-refractivity contribution in [2.75, 3.05) is 13.1 Å². The van der Waals surface area contributed by atoms with E-state index in [0.29, 0.717) is 28.3 Å². The highest BCUT2D eigenvalue weighted by Gasteiger charge is 2.47. The first-order valence-corrected chi connectivity index (χ1v) is 8.98. The van der Waals surface area contributed by atoms with Crippen LogP contribution in [0.3, 0.4) is 0 Å². The van der Waals surface area contributed by atoms with Gasteiger partial charge in [-0.15, -0.1) is 11.3 Å². The fourth-order valence-electron chi connectivity index (χ4n) is 3.86. The number of aliphatic carboxylic acids is 1. The molecule has 2 aliphatic rings. The van der Waals surface area contributed by atoms with Crippen LogP contribution in [0, 0.1) is 30.5 Å². The number of carboxylic acid groups (broad SMARTS) is 1. The lowest BCUT2D eigenvalue weighted by Crippen LogP contribution is -2.29. The number of hydrogen-bond acceptors (Lipinski definition) is 3. The molecule has 6 heteroatoms. The number of benzene rings is 1. The largest absolute Gasteiger partial charge is 0.481 e. The van der Waals surface area contributed by atoms with E-state index in [1.54, 1.807) is 17.9 Å². The van der Waals surface area contributed by atoms with E-state index in [1.165, 1.54) is 17.4 Å². The van der Waals surface area contributed by atoms with Crippen molar-refractivity contribution < 1.29 is 19.1 Å². The number of amides is 1. The average Bonchev–Trinajstić information content (AvgIpc) is 3.19. The lowest BCUT2D eigenvalue weighted by atomic mass is 9.92. The lowest BCUT2D eigenvalue weighted by Gasteiger charge is -2.15. The fraction of sp³-hybridized carbons (Fsp3) is 0.444. The summed E-state index contributed by atoms with van der Waals surface area (Å²) in [6, 6.07) is 4.85. The molecule has 2 heterocycles. The van der Waals surface area contributed by atoms with Gasteiger partial charge in [-0.2, -0.15) is 0 Å². The van der Waals surface area contributed by atoms with Crippen molar-refractivity contribution in [3.63, 3.8) is 0 Å². The van der Waals surface area contributed by atoms with Crippen molar-refractivity contribution in [1.29, 1.82) is 0 Å². The Labute approximate surface area is 142 Å². The molecule has 24 heavy (non-hydrogen) atoms. The SMILES string of the molecule is Cc1c(C(=O)N2C[C@H](C(=O)O)[C@@H](C3CC3)C2)sc2cccc(F)c12. The monoisotopic (exact) mass is 347 g/mol.